The van der Waals surface area contributed by atoms with Crippen LogP contribution in [0.2, 0.25) is 5.02 Å². The molecule has 3 heterocycles. The van der Waals surface area contributed by atoms with Crippen molar-refractivity contribution in [2.24, 2.45) is 0 Å². The summed E-state index contributed by atoms with van der Waals surface area (Å²) >= 11 is 6.23. The van der Waals surface area contributed by atoms with E-state index in [1.54, 1.807) is 0 Å². The molecular formula is C25H29ClN4O. The fourth-order valence-electron chi connectivity index (χ4n) is 4.80. The first-order chi connectivity index (χ1) is 15.0. The Hall–Kier alpha value is -2.47. The number of halogens is 1. The van der Waals surface area contributed by atoms with Gasteiger partial charge in [0.25, 0.3) is 0 Å². The Morgan fingerprint density at radius 3 is 2.74 bits per heavy atom. The van der Waals surface area contributed by atoms with E-state index >= 15 is 0 Å². The molecule has 1 unspecified atom stereocenters. The van der Waals surface area contributed by atoms with Crippen molar-refractivity contribution in [1.82, 2.24) is 20.5 Å². The largest absolute Gasteiger partial charge is 0.486 e. The summed E-state index contributed by atoms with van der Waals surface area (Å²) < 4.78 is 6.54. The summed E-state index contributed by atoms with van der Waals surface area (Å²) in [4.78, 5) is 2.35. The van der Waals surface area contributed by atoms with E-state index in [2.05, 4.69) is 65.7 Å². The topological polar surface area (TPSA) is 31.0 Å². The maximum absolute atomic E-state index is 6.54. The molecule has 0 aliphatic carbocycles. The van der Waals surface area contributed by atoms with Crippen molar-refractivity contribution in [3.63, 3.8) is 0 Å². The lowest BCUT2D eigenvalue weighted by Gasteiger charge is -2.27. The van der Waals surface area contributed by atoms with Gasteiger partial charge in [0.1, 0.15) is 11.9 Å². The molecule has 0 saturated carbocycles. The lowest BCUT2D eigenvalue weighted by atomic mass is 9.92. The van der Waals surface area contributed by atoms with Gasteiger partial charge in [0.05, 0.1) is 11.4 Å². The molecule has 0 bridgehead atoms. The maximum atomic E-state index is 6.54. The first kappa shape index (κ1) is 20.4. The highest BCUT2D eigenvalue weighted by Gasteiger charge is 2.34. The zero-order chi connectivity index (χ0) is 21.5. The Labute approximate surface area is 189 Å². The van der Waals surface area contributed by atoms with Crippen molar-refractivity contribution in [2.75, 3.05) is 33.7 Å². The SMILES string of the molecule is CC1=C2c3ccc(C4=CCN(C)CC4)cc3C(Oc3cccc(Cl)c3)CCN2N(C)N1. The van der Waals surface area contributed by atoms with Crippen LogP contribution in [0.5, 0.6) is 5.75 Å². The lowest BCUT2D eigenvalue weighted by Crippen LogP contribution is -2.40. The maximum Gasteiger partial charge on any atom is 0.126 e. The molecule has 0 amide bonds. The average molecular weight is 437 g/mol. The fraction of sp³-hybridized carbons (Fsp3) is 0.360. The van der Waals surface area contributed by atoms with Crippen LogP contribution in [0.1, 0.15) is 42.6 Å². The number of likely N-dealkylation sites (N-methyl/N-ethyl adjacent to an activating group) is 1. The normalized spacial score (nSPS) is 21.9. The van der Waals surface area contributed by atoms with Gasteiger partial charge in [-0.15, -0.1) is 5.12 Å². The van der Waals surface area contributed by atoms with Gasteiger partial charge in [-0.2, -0.15) is 0 Å². The van der Waals surface area contributed by atoms with E-state index in [0.717, 1.165) is 38.2 Å². The van der Waals surface area contributed by atoms with Crippen molar-refractivity contribution in [2.45, 2.75) is 25.9 Å². The third-order valence-electron chi connectivity index (χ3n) is 6.42. The van der Waals surface area contributed by atoms with Crippen molar-refractivity contribution in [3.05, 3.63) is 76.0 Å². The molecule has 162 valence electrons. The molecule has 0 fully saturated rings. The molecule has 0 radical (unpaired) electrons. The van der Waals surface area contributed by atoms with E-state index in [4.69, 9.17) is 16.3 Å². The molecule has 3 aliphatic heterocycles. The van der Waals surface area contributed by atoms with Gasteiger partial charge in [0.2, 0.25) is 0 Å². The van der Waals surface area contributed by atoms with Crippen molar-refractivity contribution in [1.29, 1.82) is 0 Å². The van der Waals surface area contributed by atoms with Crippen LogP contribution in [-0.2, 0) is 0 Å². The number of ether oxygens (including phenoxy) is 1. The molecule has 0 aromatic heterocycles. The smallest absolute Gasteiger partial charge is 0.126 e. The second-order valence-corrected chi connectivity index (χ2v) is 9.06. The molecule has 2 aromatic carbocycles. The van der Waals surface area contributed by atoms with Gasteiger partial charge in [-0.1, -0.05) is 35.9 Å². The Morgan fingerprint density at radius 1 is 1.10 bits per heavy atom. The number of rotatable bonds is 3. The summed E-state index contributed by atoms with van der Waals surface area (Å²) in [6, 6.07) is 14.6. The molecule has 31 heavy (non-hydrogen) atoms. The van der Waals surface area contributed by atoms with E-state index in [1.165, 1.54) is 33.7 Å². The van der Waals surface area contributed by atoms with Gasteiger partial charge in [-0.05, 0) is 55.8 Å². The highest BCUT2D eigenvalue weighted by Crippen LogP contribution is 2.41. The predicted octanol–water partition coefficient (Wildman–Crippen LogP) is 4.94. The lowest BCUT2D eigenvalue weighted by molar-refractivity contribution is 0.0365. The summed E-state index contributed by atoms with van der Waals surface area (Å²) in [5.74, 6) is 0.812. The molecular weight excluding hydrogens is 408 g/mol. The third-order valence-corrected chi connectivity index (χ3v) is 6.65. The first-order valence-corrected chi connectivity index (χ1v) is 11.3. The van der Waals surface area contributed by atoms with Crippen molar-refractivity contribution in [3.8, 4) is 5.75 Å². The predicted molar refractivity (Wildman–Crippen MR) is 126 cm³/mol. The fourth-order valence-corrected chi connectivity index (χ4v) is 4.98. The minimum absolute atomic E-state index is 0.0421. The van der Waals surface area contributed by atoms with Gasteiger partial charge in [0, 0.05) is 49.3 Å². The molecule has 5 nitrogen and oxygen atoms in total. The molecule has 6 heteroatoms. The highest BCUT2D eigenvalue weighted by atomic mass is 35.5. The minimum atomic E-state index is -0.0421. The number of allylic oxidation sites excluding steroid dienone is 1. The van der Waals surface area contributed by atoms with E-state index in [9.17, 15) is 0 Å². The van der Waals surface area contributed by atoms with Crippen LogP contribution in [0.3, 0.4) is 0 Å². The molecule has 2 aromatic rings. The summed E-state index contributed by atoms with van der Waals surface area (Å²) in [6.45, 7) is 5.11. The zero-order valence-electron chi connectivity index (χ0n) is 18.4. The summed E-state index contributed by atoms with van der Waals surface area (Å²) in [5, 5.41) is 5.08. The van der Waals surface area contributed by atoms with Gasteiger partial charge in [-0.3, -0.25) is 5.01 Å². The van der Waals surface area contributed by atoms with Gasteiger partial charge in [-0.25, -0.2) is 0 Å². The number of hydrogen-bond acceptors (Lipinski definition) is 5. The zero-order valence-corrected chi connectivity index (χ0v) is 19.1. The van der Waals surface area contributed by atoms with Gasteiger partial charge in [0.15, 0.2) is 0 Å². The van der Waals surface area contributed by atoms with Crippen LogP contribution >= 0.6 is 11.6 Å². The number of nitrogens with one attached hydrogen (secondary N) is 1. The highest BCUT2D eigenvalue weighted by molar-refractivity contribution is 6.30. The molecule has 0 saturated heterocycles. The standard InChI is InChI=1S/C25H29ClN4O/c1-17-25-22-8-7-19(18-9-12-28(2)13-10-18)15-23(22)24(11-14-30(25)29(3)27-17)31-21-6-4-5-20(26)16-21/h4-9,15-16,24,27H,10-14H2,1-3H3. The second kappa shape index (κ2) is 8.23. The Bertz CT molecular complexity index is 1060. The van der Waals surface area contributed by atoms with Crippen molar-refractivity contribution < 1.29 is 4.74 Å². The van der Waals surface area contributed by atoms with E-state index in [1.807, 2.05) is 24.3 Å². The van der Waals surface area contributed by atoms with Crippen LogP contribution in [0.25, 0.3) is 11.3 Å². The monoisotopic (exact) mass is 436 g/mol. The van der Waals surface area contributed by atoms with E-state index in [-0.39, 0.29) is 6.10 Å². The number of nitrogens with zero attached hydrogens (tertiary/aromatic N) is 3. The average Bonchev–Trinajstić information content (AvgIpc) is 2.93. The Kier molecular flexibility index (Phi) is 5.42. The number of fused-ring (bicyclic) bond motifs is 3. The van der Waals surface area contributed by atoms with Crippen molar-refractivity contribution >= 4 is 22.9 Å². The minimum Gasteiger partial charge on any atom is -0.486 e. The Balaban J connectivity index is 1.58. The summed E-state index contributed by atoms with van der Waals surface area (Å²) in [7, 11) is 4.23. The number of hydrogen-bond donors (Lipinski definition) is 1. The number of hydrazine groups is 2. The summed E-state index contributed by atoms with van der Waals surface area (Å²) in [5.41, 5.74) is 11.1. The van der Waals surface area contributed by atoms with Crippen LogP contribution in [0, 0.1) is 0 Å². The van der Waals surface area contributed by atoms with E-state index in [0.29, 0.717) is 5.02 Å². The van der Waals surface area contributed by atoms with Crippen LogP contribution in [0.15, 0.2) is 54.2 Å². The van der Waals surface area contributed by atoms with E-state index < -0.39 is 0 Å². The molecule has 1 N–H and O–H groups in total. The van der Waals surface area contributed by atoms with Gasteiger partial charge >= 0.3 is 0 Å². The molecule has 5 rings (SSSR count). The van der Waals surface area contributed by atoms with Crippen LogP contribution in [0.4, 0.5) is 0 Å². The Morgan fingerprint density at radius 2 is 1.97 bits per heavy atom. The van der Waals surface area contributed by atoms with Crippen LogP contribution in [-0.4, -0.2) is 48.8 Å². The number of benzene rings is 2. The quantitative estimate of drug-likeness (QED) is 0.736. The first-order valence-electron chi connectivity index (χ1n) is 10.9. The molecule has 0 spiro atoms. The third kappa shape index (κ3) is 3.93. The second-order valence-electron chi connectivity index (χ2n) is 8.63. The van der Waals surface area contributed by atoms with Gasteiger partial charge < -0.3 is 15.1 Å². The molecule has 3 aliphatic rings. The summed E-state index contributed by atoms with van der Waals surface area (Å²) in [6.07, 6.45) is 4.27. The molecule has 1 atom stereocenters. The van der Waals surface area contributed by atoms with Crippen LogP contribution < -0.4 is 10.2 Å².